The van der Waals surface area contributed by atoms with Gasteiger partial charge in [-0.05, 0) is 56.3 Å². The van der Waals surface area contributed by atoms with E-state index in [1.165, 1.54) is 0 Å². The third-order valence-corrected chi connectivity index (χ3v) is 9.72. The summed E-state index contributed by atoms with van der Waals surface area (Å²) in [7, 11) is 1.64. The zero-order chi connectivity index (χ0) is 19.9. The van der Waals surface area contributed by atoms with Crippen molar-refractivity contribution in [1.82, 2.24) is 0 Å². The number of methoxy groups -OCH3 is 1. The lowest BCUT2D eigenvalue weighted by Crippen LogP contribution is -2.67. The molecule has 5 fully saturated rings. The van der Waals surface area contributed by atoms with Gasteiger partial charge in [-0.3, -0.25) is 9.59 Å². The molecule has 1 saturated heterocycles. The SMILES string of the molecule is CO[C@@H]1O[C@]23CC[C@@]4(O)CC(=O)CC[C@]14[C@@H]2CC[C@@]1(C)[C@H](C(=O)CO)CC[C@@H]13. The third-order valence-electron chi connectivity index (χ3n) is 9.72. The summed E-state index contributed by atoms with van der Waals surface area (Å²) in [6.45, 7) is 1.81. The number of ketones is 2. The summed E-state index contributed by atoms with van der Waals surface area (Å²) < 4.78 is 12.6. The van der Waals surface area contributed by atoms with Crippen LogP contribution in [-0.2, 0) is 19.1 Å². The van der Waals surface area contributed by atoms with Gasteiger partial charge in [-0.15, -0.1) is 0 Å². The fourth-order valence-corrected chi connectivity index (χ4v) is 8.68. The molecule has 5 aliphatic rings. The first kappa shape index (κ1) is 19.2. The summed E-state index contributed by atoms with van der Waals surface area (Å²) in [5.41, 5.74) is -2.17. The molecule has 1 spiro atoms. The van der Waals surface area contributed by atoms with Crippen LogP contribution < -0.4 is 0 Å². The predicted octanol–water partition coefficient (Wildman–Crippen LogP) is 2.00. The Labute approximate surface area is 166 Å². The predicted molar refractivity (Wildman–Crippen MR) is 99.2 cm³/mol. The monoisotopic (exact) mass is 392 g/mol. The number of ether oxygens (including phenoxy) is 2. The lowest BCUT2D eigenvalue weighted by atomic mass is 9.42. The van der Waals surface area contributed by atoms with Crippen molar-refractivity contribution in [2.75, 3.05) is 13.7 Å². The second-order valence-electron chi connectivity index (χ2n) is 10.3. The average Bonchev–Trinajstić information content (AvgIpc) is 3.13. The van der Waals surface area contributed by atoms with Gasteiger partial charge in [0.1, 0.15) is 12.4 Å². The highest BCUT2D eigenvalue weighted by Crippen LogP contribution is 2.75. The molecule has 2 bridgehead atoms. The first-order valence-electron chi connectivity index (χ1n) is 10.9. The van der Waals surface area contributed by atoms with Crippen LogP contribution in [0, 0.1) is 28.6 Å². The van der Waals surface area contributed by atoms with E-state index in [9.17, 15) is 19.8 Å². The Kier molecular flexibility index (Phi) is 4.02. The van der Waals surface area contributed by atoms with Crippen molar-refractivity contribution in [2.24, 2.45) is 28.6 Å². The minimum atomic E-state index is -1.06. The van der Waals surface area contributed by atoms with Crippen molar-refractivity contribution in [3.63, 3.8) is 0 Å². The maximum Gasteiger partial charge on any atom is 0.166 e. The molecule has 0 unspecified atom stereocenters. The molecule has 1 aliphatic heterocycles. The zero-order valence-electron chi connectivity index (χ0n) is 16.9. The lowest BCUT2D eigenvalue weighted by Gasteiger charge is -2.62. The maximum atomic E-state index is 12.5. The van der Waals surface area contributed by atoms with Crippen LogP contribution in [0.3, 0.4) is 0 Å². The highest BCUT2D eigenvalue weighted by Gasteiger charge is 2.79. The number of fused-ring (bicyclic) bond motifs is 1. The molecule has 5 rings (SSSR count). The molecular weight excluding hydrogens is 360 g/mol. The molecule has 1 heterocycles. The highest BCUT2D eigenvalue weighted by molar-refractivity contribution is 5.83. The summed E-state index contributed by atoms with van der Waals surface area (Å²) >= 11 is 0. The van der Waals surface area contributed by atoms with Gasteiger partial charge in [0, 0.05) is 31.8 Å². The molecular formula is C22H32O6. The van der Waals surface area contributed by atoms with E-state index in [1.54, 1.807) is 7.11 Å². The van der Waals surface area contributed by atoms with E-state index in [2.05, 4.69) is 6.92 Å². The molecule has 156 valence electrons. The molecule has 4 aliphatic carbocycles. The number of carbonyl (C=O) groups excluding carboxylic acids is 2. The van der Waals surface area contributed by atoms with Crippen LogP contribution in [0.5, 0.6) is 0 Å². The van der Waals surface area contributed by atoms with E-state index < -0.39 is 29.5 Å². The minimum Gasteiger partial charge on any atom is -0.389 e. The normalized spacial score (nSPS) is 54.8. The minimum absolute atomic E-state index is 0.0496. The number of aliphatic hydroxyl groups is 2. The van der Waals surface area contributed by atoms with Crippen LogP contribution >= 0.6 is 0 Å². The first-order chi connectivity index (χ1) is 13.3. The van der Waals surface area contributed by atoms with Gasteiger partial charge in [-0.1, -0.05) is 6.92 Å². The zero-order valence-corrected chi connectivity index (χ0v) is 16.9. The Morgan fingerprint density at radius 1 is 1.18 bits per heavy atom. The largest absolute Gasteiger partial charge is 0.389 e. The number of hydrogen-bond donors (Lipinski definition) is 2. The van der Waals surface area contributed by atoms with Crippen LogP contribution in [0.4, 0.5) is 0 Å². The number of carbonyl (C=O) groups is 2. The van der Waals surface area contributed by atoms with Gasteiger partial charge in [0.25, 0.3) is 0 Å². The van der Waals surface area contributed by atoms with Crippen molar-refractivity contribution in [3.8, 4) is 0 Å². The average molecular weight is 392 g/mol. The molecule has 8 atom stereocenters. The van der Waals surface area contributed by atoms with Crippen LogP contribution in [0.2, 0.25) is 0 Å². The summed E-state index contributed by atoms with van der Waals surface area (Å²) in [6.07, 6.45) is 5.54. The van der Waals surface area contributed by atoms with Gasteiger partial charge in [-0.2, -0.15) is 0 Å². The number of hydrogen-bond acceptors (Lipinski definition) is 6. The van der Waals surface area contributed by atoms with Gasteiger partial charge in [-0.25, -0.2) is 0 Å². The lowest BCUT2D eigenvalue weighted by molar-refractivity contribution is -0.225. The maximum absolute atomic E-state index is 12.5. The van der Waals surface area contributed by atoms with Crippen molar-refractivity contribution in [2.45, 2.75) is 82.2 Å². The van der Waals surface area contributed by atoms with E-state index in [0.29, 0.717) is 25.7 Å². The van der Waals surface area contributed by atoms with Crippen LogP contribution in [-0.4, -0.2) is 53.0 Å². The van der Waals surface area contributed by atoms with Crippen molar-refractivity contribution >= 4 is 11.6 Å². The molecule has 0 radical (unpaired) electrons. The van der Waals surface area contributed by atoms with E-state index in [1.807, 2.05) is 0 Å². The quantitative estimate of drug-likeness (QED) is 0.763. The number of Topliss-reactive ketones (excluding diaryl/α,β-unsaturated/α-hetero) is 2. The Hall–Kier alpha value is -0.820. The Balaban J connectivity index is 1.60. The van der Waals surface area contributed by atoms with E-state index >= 15 is 0 Å². The fourth-order valence-electron chi connectivity index (χ4n) is 8.68. The molecule has 28 heavy (non-hydrogen) atoms. The molecule has 6 nitrogen and oxygen atoms in total. The molecule has 2 N–H and O–H groups in total. The summed E-state index contributed by atoms with van der Waals surface area (Å²) in [4.78, 5) is 24.7. The summed E-state index contributed by atoms with van der Waals surface area (Å²) in [5, 5.41) is 21.2. The van der Waals surface area contributed by atoms with Gasteiger partial charge in [0.15, 0.2) is 12.1 Å². The van der Waals surface area contributed by atoms with E-state index in [0.717, 1.165) is 25.7 Å². The third kappa shape index (κ3) is 1.98. The highest BCUT2D eigenvalue weighted by atomic mass is 16.7. The molecule has 6 heteroatoms. The molecule has 4 saturated carbocycles. The van der Waals surface area contributed by atoms with Gasteiger partial charge in [0.2, 0.25) is 0 Å². The van der Waals surface area contributed by atoms with Crippen LogP contribution in [0.1, 0.15) is 64.7 Å². The topological polar surface area (TPSA) is 93.1 Å². The van der Waals surface area contributed by atoms with Gasteiger partial charge < -0.3 is 19.7 Å². The van der Waals surface area contributed by atoms with E-state index in [4.69, 9.17) is 9.47 Å². The summed E-state index contributed by atoms with van der Waals surface area (Å²) in [6, 6.07) is 0. The van der Waals surface area contributed by atoms with Gasteiger partial charge in [0.05, 0.1) is 16.6 Å². The van der Waals surface area contributed by atoms with Crippen molar-refractivity contribution in [1.29, 1.82) is 0 Å². The number of aliphatic hydroxyl groups excluding tert-OH is 1. The fraction of sp³-hybridized carbons (Fsp3) is 0.909. The first-order valence-corrected chi connectivity index (χ1v) is 10.9. The second-order valence-corrected chi connectivity index (χ2v) is 10.3. The molecule has 0 aromatic rings. The Bertz CT molecular complexity index is 722. The summed E-state index contributed by atoms with van der Waals surface area (Å²) in [5.74, 6) is 0.341. The van der Waals surface area contributed by atoms with Crippen molar-refractivity contribution in [3.05, 3.63) is 0 Å². The number of rotatable bonds is 3. The standard InChI is InChI=1S/C22H32O6/c1-19-7-6-17-21-8-5-13(24)11-20(21,26)9-10-22(17,28-18(21)27-2)16(19)4-3-14(19)15(25)12-23/h14,16-18,23,26H,3-12H2,1-2H3/t14-,16-,17-,18+,19-,20+,21-,22-/m0/s1. The van der Waals surface area contributed by atoms with E-state index in [-0.39, 0.29) is 41.2 Å². The molecule has 0 amide bonds. The molecule has 0 aromatic carbocycles. The molecule has 0 aromatic heterocycles. The van der Waals surface area contributed by atoms with Gasteiger partial charge >= 0.3 is 0 Å². The van der Waals surface area contributed by atoms with Crippen LogP contribution in [0.25, 0.3) is 0 Å². The Morgan fingerprint density at radius 2 is 1.96 bits per heavy atom. The Morgan fingerprint density at radius 3 is 2.68 bits per heavy atom. The smallest absolute Gasteiger partial charge is 0.166 e. The van der Waals surface area contributed by atoms with Crippen LogP contribution in [0.15, 0.2) is 0 Å². The van der Waals surface area contributed by atoms with Crippen molar-refractivity contribution < 1.29 is 29.3 Å². The second kappa shape index (κ2) is 5.87.